The van der Waals surface area contributed by atoms with Crippen LogP contribution in [0.3, 0.4) is 0 Å². The molecule has 1 N–H and O–H groups in total. The molecule has 0 spiro atoms. The summed E-state index contributed by atoms with van der Waals surface area (Å²) in [7, 11) is 0. The first-order chi connectivity index (χ1) is 9.95. The Kier molecular flexibility index (Phi) is 4.78. The summed E-state index contributed by atoms with van der Waals surface area (Å²) in [6.45, 7) is 3.42. The second-order valence-corrected chi connectivity index (χ2v) is 5.13. The highest BCUT2D eigenvalue weighted by Gasteiger charge is 2.09. The Morgan fingerprint density at radius 1 is 1.00 bits per heavy atom. The molecule has 2 aromatic rings. The standard InChI is InChI=1S/C17H19F2NO/c1-11-4-5-12(2)16(10-11)13(3)20-14-6-8-15(9-7-14)21-17(18)19/h4-10,13,17,20H,1-3H3. The molecule has 0 fully saturated rings. The molecule has 0 amide bonds. The van der Waals surface area contributed by atoms with Gasteiger partial charge in [-0.1, -0.05) is 23.8 Å². The van der Waals surface area contributed by atoms with Crippen LogP contribution in [0.1, 0.15) is 29.7 Å². The van der Waals surface area contributed by atoms with E-state index in [4.69, 9.17) is 0 Å². The molecule has 2 aromatic carbocycles. The van der Waals surface area contributed by atoms with Crippen LogP contribution in [0.25, 0.3) is 0 Å². The Balaban J connectivity index is 2.08. The van der Waals surface area contributed by atoms with Gasteiger partial charge in [0.25, 0.3) is 0 Å². The first kappa shape index (κ1) is 15.3. The molecule has 2 nitrogen and oxygen atoms in total. The number of rotatable bonds is 5. The normalized spacial score (nSPS) is 12.3. The predicted octanol–water partition coefficient (Wildman–Crippen LogP) is 5.08. The van der Waals surface area contributed by atoms with Crippen LogP contribution in [0, 0.1) is 13.8 Å². The van der Waals surface area contributed by atoms with Crippen molar-refractivity contribution in [2.45, 2.75) is 33.4 Å². The van der Waals surface area contributed by atoms with Crippen molar-refractivity contribution in [1.29, 1.82) is 0 Å². The van der Waals surface area contributed by atoms with Crippen molar-refractivity contribution in [1.82, 2.24) is 0 Å². The topological polar surface area (TPSA) is 21.3 Å². The zero-order valence-electron chi connectivity index (χ0n) is 12.4. The summed E-state index contributed by atoms with van der Waals surface area (Å²) >= 11 is 0. The van der Waals surface area contributed by atoms with Crippen LogP contribution in [0.5, 0.6) is 5.75 Å². The highest BCUT2D eigenvalue weighted by molar-refractivity contribution is 5.49. The molecule has 0 radical (unpaired) electrons. The Bertz CT molecular complexity index is 596. The van der Waals surface area contributed by atoms with Crippen LogP contribution < -0.4 is 10.1 Å². The number of halogens is 2. The minimum Gasteiger partial charge on any atom is -0.435 e. The number of anilines is 1. The maximum absolute atomic E-state index is 12.1. The lowest BCUT2D eigenvalue weighted by atomic mass is 10.00. The lowest BCUT2D eigenvalue weighted by molar-refractivity contribution is -0.0498. The first-order valence-corrected chi connectivity index (χ1v) is 6.84. The zero-order chi connectivity index (χ0) is 15.4. The second kappa shape index (κ2) is 6.57. The first-order valence-electron chi connectivity index (χ1n) is 6.84. The van der Waals surface area contributed by atoms with Crippen molar-refractivity contribution in [3.63, 3.8) is 0 Å². The van der Waals surface area contributed by atoms with Crippen LogP contribution in [0.2, 0.25) is 0 Å². The molecule has 0 aliphatic rings. The Morgan fingerprint density at radius 2 is 1.67 bits per heavy atom. The van der Waals surface area contributed by atoms with Gasteiger partial charge in [-0.05, 0) is 56.2 Å². The van der Waals surface area contributed by atoms with E-state index < -0.39 is 6.61 Å². The summed E-state index contributed by atoms with van der Waals surface area (Å²) in [4.78, 5) is 0. The zero-order valence-corrected chi connectivity index (χ0v) is 12.4. The monoisotopic (exact) mass is 291 g/mol. The second-order valence-electron chi connectivity index (χ2n) is 5.13. The number of benzene rings is 2. The minimum absolute atomic E-state index is 0.131. The van der Waals surface area contributed by atoms with E-state index in [0.717, 1.165) is 5.69 Å². The van der Waals surface area contributed by atoms with E-state index in [1.807, 2.05) is 0 Å². The summed E-state index contributed by atoms with van der Waals surface area (Å²) in [6.07, 6.45) is 0. The molecule has 0 bridgehead atoms. The molecule has 0 aromatic heterocycles. The maximum atomic E-state index is 12.1. The van der Waals surface area contributed by atoms with E-state index in [2.05, 4.69) is 49.0 Å². The lowest BCUT2D eigenvalue weighted by Gasteiger charge is -2.18. The van der Waals surface area contributed by atoms with Crippen LogP contribution in [0.15, 0.2) is 42.5 Å². The van der Waals surface area contributed by atoms with Gasteiger partial charge in [0.15, 0.2) is 0 Å². The molecule has 1 unspecified atom stereocenters. The molecule has 0 heterocycles. The molecule has 1 atom stereocenters. The third-order valence-corrected chi connectivity index (χ3v) is 3.36. The number of nitrogens with one attached hydrogen (secondary N) is 1. The Labute approximate surface area is 123 Å². The van der Waals surface area contributed by atoms with Crippen LogP contribution in [0.4, 0.5) is 14.5 Å². The van der Waals surface area contributed by atoms with Gasteiger partial charge in [-0.15, -0.1) is 0 Å². The van der Waals surface area contributed by atoms with E-state index in [0.29, 0.717) is 0 Å². The molecule has 0 aliphatic carbocycles. The SMILES string of the molecule is Cc1ccc(C)c(C(C)Nc2ccc(OC(F)F)cc2)c1. The predicted molar refractivity (Wildman–Crippen MR) is 81.0 cm³/mol. The van der Waals surface area contributed by atoms with Crippen molar-refractivity contribution in [2.24, 2.45) is 0 Å². The smallest absolute Gasteiger partial charge is 0.387 e. The van der Waals surface area contributed by atoms with Crippen LogP contribution in [-0.4, -0.2) is 6.61 Å². The van der Waals surface area contributed by atoms with Crippen molar-refractivity contribution >= 4 is 5.69 Å². The van der Waals surface area contributed by atoms with Gasteiger partial charge in [0.05, 0.1) is 0 Å². The van der Waals surface area contributed by atoms with Crippen molar-refractivity contribution < 1.29 is 13.5 Å². The fraction of sp³-hybridized carbons (Fsp3) is 0.294. The summed E-state index contributed by atoms with van der Waals surface area (Å²) in [5.74, 6) is 0.162. The van der Waals surface area contributed by atoms with Crippen molar-refractivity contribution in [2.75, 3.05) is 5.32 Å². The van der Waals surface area contributed by atoms with Gasteiger partial charge < -0.3 is 10.1 Å². The lowest BCUT2D eigenvalue weighted by Crippen LogP contribution is -2.08. The molecule has 0 saturated heterocycles. The van der Waals surface area contributed by atoms with E-state index in [1.54, 1.807) is 12.1 Å². The van der Waals surface area contributed by atoms with E-state index in [9.17, 15) is 8.78 Å². The number of hydrogen-bond acceptors (Lipinski definition) is 2. The number of aryl methyl sites for hydroxylation is 2. The molecule has 4 heteroatoms. The summed E-state index contributed by atoms with van der Waals surface area (Å²) in [5, 5.41) is 3.36. The molecule has 2 rings (SSSR count). The number of alkyl halides is 2. The van der Waals surface area contributed by atoms with Gasteiger partial charge in [-0.25, -0.2) is 0 Å². The number of hydrogen-bond donors (Lipinski definition) is 1. The van der Waals surface area contributed by atoms with Gasteiger partial charge in [0.1, 0.15) is 5.75 Å². The highest BCUT2D eigenvalue weighted by Crippen LogP contribution is 2.25. The van der Waals surface area contributed by atoms with Crippen LogP contribution >= 0.6 is 0 Å². The number of ether oxygens (including phenoxy) is 1. The third-order valence-electron chi connectivity index (χ3n) is 3.36. The Morgan fingerprint density at radius 3 is 2.29 bits per heavy atom. The summed E-state index contributed by atoms with van der Waals surface area (Å²) in [5.41, 5.74) is 4.52. The molecule has 0 saturated carbocycles. The molecule has 21 heavy (non-hydrogen) atoms. The van der Waals surface area contributed by atoms with Gasteiger partial charge >= 0.3 is 6.61 Å². The van der Waals surface area contributed by atoms with E-state index in [1.165, 1.54) is 28.8 Å². The minimum atomic E-state index is -2.79. The van der Waals surface area contributed by atoms with Crippen LogP contribution in [-0.2, 0) is 0 Å². The van der Waals surface area contributed by atoms with Crippen molar-refractivity contribution in [3.8, 4) is 5.75 Å². The van der Waals surface area contributed by atoms with E-state index in [-0.39, 0.29) is 11.8 Å². The highest BCUT2D eigenvalue weighted by atomic mass is 19.3. The fourth-order valence-electron chi connectivity index (χ4n) is 2.29. The molecule has 0 aliphatic heterocycles. The third kappa shape index (κ3) is 4.18. The van der Waals surface area contributed by atoms with Gasteiger partial charge in [-0.2, -0.15) is 8.78 Å². The fourth-order valence-corrected chi connectivity index (χ4v) is 2.29. The van der Waals surface area contributed by atoms with E-state index >= 15 is 0 Å². The average molecular weight is 291 g/mol. The molecule has 112 valence electrons. The summed E-state index contributed by atoms with van der Waals surface area (Å²) < 4.78 is 28.5. The molecular formula is C17H19F2NO. The molecular weight excluding hydrogens is 272 g/mol. The Hall–Kier alpha value is -2.10. The largest absolute Gasteiger partial charge is 0.435 e. The van der Waals surface area contributed by atoms with Crippen molar-refractivity contribution in [3.05, 3.63) is 59.2 Å². The van der Waals surface area contributed by atoms with Gasteiger partial charge in [0, 0.05) is 11.7 Å². The quantitative estimate of drug-likeness (QED) is 0.829. The van der Waals surface area contributed by atoms with Gasteiger partial charge in [-0.3, -0.25) is 0 Å². The van der Waals surface area contributed by atoms with Gasteiger partial charge in [0.2, 0.25) is 0 Å². The maximum Gasteiger partial charge on any atom is 0.387 e. The average Bonchev–Trinajstić information content (AvgIpc) is 2.43. The summed E-state index contributed by atoms with van der Waals surface area (Å²) in [6, 6.07) is 13.0.